The van der Waals surface area contributed by atoms with Gasteiger partial charge in [-0.1, -0.05) is 35.5 Å². The van der Waals surface area contributed by atoms with E-state index in [1.807, 2.05) is 30.3 Å². The van der Waals surface area contributed by atoms with E-state index in [0.29, 0.717) is 11.5 Å². The van der Waals surface area contributed by atoms with E-state index in [4.69, 9.17) is 14.4 Å². The number of aromatic nitrogens is 1. The zero-order chi connectivity index (χ0) is 13.0. The second-order valence-electron chi connectivity index (χ2n) is 3.84. The summed E-state index contributed by atoms with van der Waals surface area (Å²) >= 11 is 0. The van der Waals surface area contributed by atoms with Crippen LogP contribution in [0.25, 0.3) is 11.3 Å². The highest BCUT2D eigenvalue weighted by Crippen LogP contribution is 2.19. The second-order valence-corrected chi connectivity index (χ2v) is 3.84. The van der Waals surface area contributed by atoms with Crippen LogP contribution in [0.1, 0.15) is 12.7 Å². The van der Waals surface area contributed by atoms with Gasteiger partial charge in [-0.2, -0.15) is 0 Å². The topological polar surface area (TPSA) is 72.6 Å². The first-order valence-corrected chi connectivity index (χ1v) is 5.52. The van der Waals surface area contributed by atoms with Gasteiger partial charge in [-0.05, 0) is 6.92 Å². The Balaban J connectivity index is 2.01. The van der Waals surface area contributed by atoms with Crippen LogP contribution < -0.4 is 0 Å². The molecule has 0 aliphatic rings. The smallest absolute Gasteiger partial charge is 0.332 e. The van der Waals surface area contributed by atoms with Gasteiger partial charge in [0.15, 0.2) is 11.9 Å². The predicted octanol–water partition coefficient (Wildman–Crippen LogP) is 2.33. The Bertz CT molecular complexity index is 521. The molecule has 1 atom stereocenters. The van der Waals surface area contributed by atoms with E-state index < -0.39 is 12.1 Å². The van der Waals surface area contributed by atoms with Gasteiger partial charge in [0.25, 0.3) is 0 Å². The normalized spacial score (nSPS) is 12.3. The highest BCUT2D eigenvalue weighted by Gasteiger charge is 2.13. The Morgan fingerprint density at radius 2 is 2.17 bits per heavy atom. The molecular formula is C13H13NO4. The van der Waals surface area contributed by atoms with Gasteiger partial charge >= 0.3 is 5.97 Å². The number of carboxylic acids is 1. The Morgan fingerprint density at radius 3 is 2.83 bits per heavy atom. The molecule has 1 heterocycles. The minimum atomic E-state index is -1.00. The van der Waals surface area contributed by atoms with Crippen LogP contribution >= 0.6 is 0 Å². The number of hydrogen-bond acceptors (Lipinski definition) is 4. The lowest BCUT2D eigenvalue weighted by Gasteiger charge is -2.04. The lowest BCUT2D eigenvalue weighted by molar-refractivity contribution is -0.150. The van der Waals surface area contributed by atoms with Gasteiger partial charge in [-0.15, -0.1) is 0 Å². The van der Waals surface area contributed by atoms with Gasteiger partial charge in [0, 0.05) is 11.6 Å². The number of nitrogens with zero attached hydrogens (tertiary/aromatic N) is 1. The highest BCUT2D eigenvalue weighted by molar-refractivity contribution is 5.71. The summed E-state index contributed by atoms with van der Waals surface area (Å²) in [5.74, 6) is -0.500. The maximum atomic E-state index is 10.6. The summed E-state index contributed by atoms with van der Waals surface area (Å²) in [6.45, 7) is 1.56. The maximum Gasteiger partial charge on any atom is 0.332 e. The number of benzene rings is 1. The number of carboxylic acid groups (broad SMARTS) is 1. The zero-order valence-electron chi connectivity index (χ0n) is 9.87. The van der Waals surface area contributed by atoms with Crippen LogP contribution in [-0.4, -0.2) is 22.3 Å². The quantitative estimate of drug-likeness (QED) is 0.877. The van der Waals surface area contributed by atoms with Crippen LogP contribution in [-0.2, 0) is 16.1 Å². The first-order valence-electron chi connectivity index (χ1n) is 5.52. The van der Waals surface area contributed by atoms with Gasteiger partial charge < -0.3 is 14.4 Å². The molecule has 2 aromatic rings. The van der Waals surface area contributed by atoms with E-state index in [2.05, 4.69) is 5.16 Å². The average molecular weight is 247 g/mol. The molecule has 1 aromatic carbocycles. The van der Waals surface area contributed by atoms with E-state index in [1.54, 1.807) is 6.07 Å². The molecular weight excluding hydrogens is 234 g/mol. The summed E-state index contributed by atoms with van der Waals surface area (Å²) < 4.78 is 10.2. The second kappa shape index (κ2) is 5.46. The summed E-state index contributed by atoms with van der Waals surface area (Å²) in [5, 5.41) is 12.6. The molecule has 0 aliphatic carbocycles. The Hall–Kier alpha value is -2.14. The fourth-order valence-corrected chi connectivity index (χ4v) is 1.40. The van der Waals surface area contributed by atoms with Crippen molar-refractivity contribution < 1.29 is 19.2 Å². The summed E-state index contributed by atoms with van der Waals surface area (Å²) in [7, 11) is 0. The monoisotopic (exact) mass is 247 g/mol. The van der Waals surface area contributed by atoms with Crippen molar-refractivity contribution in [1.82, 2.24) is 5.16 Å². The maximum absolute atomic E-state index is 10.6. The number of aliphatic carboxylic acids is 1. The standard InChI is InChI=1S/C13H13NO4/c1-9(13(15)16)17-8-11-7-12(14-18-11)10-5-3-2-4-6-10/h2-7,9H,8H2,1H3,(H,15,16)/t9-/m1/s1. The number of hydrogen-bond donors (Lipinski definition) is 1. The van der Waals surface area contributed by atoms with Crippen molar-refractivity contribution in [1.29, 1.82) is 0 Å². The van der Waals surface area contributed by atoms with E-state index in [1.165, 1.54) is 6.92 Å². The summed E-state index contributed by atoms with van der Waals surface area (Å²) in [6, 6.07) is 11.3. The van der Waals surface area contributed by atoms with Gasteiger partial charge in [0.2, 0.25) is 0 Å². The molecule has 0 fully saturated rings. The minimum absolute atomic E-state index is 0.0906. The fraction of sp³-hybridized carbons (Fsp3) is 0.231. The van der Waals surface area contributed by atoms with Crippen LogP contribution in [0.3, 0.4) is 0 Å². The number of ether oxygens (including phenoxy) is 1. The van der Waals surface area contributed by atoms with Crippen LogP contribution in [0.2, 0.25) is 0 Å². The van der Waals surface area contributed by atoms with Crippen molar-refractivity contribution in [3.8, 4) is 11.3 Å². The third-order valence-corrected chi connectivity index (χ3v) is 2.45. The molecule has 5 heteroatoms. The van der Waals surface area contributed by atoms with E-state index in [0.717, 1.165) is 5.56 Å². The predicted molar refractivity (Wildman–Crippen MR) is 63.8 cm³/mol. The summed E-state index contributed by atoms with van der Waals surface area (Å²) in [5.41, 5.74) is 1.65. The lowest BCUT2D eigenvalue weighted by Crippen LogP contribution is -2.19. The van der Waals surface area contributed by atoms with Crippen molar-refractivity contribution in [3.63, 3.8) is 0 Å². The molecule has 0 spiro atoms. The van der Waals surface area contributed by atoms with Crippen molar-refractivity contribution in [3.05, 3.63) is 42.2 Å². The molecule has 0 bridgehead atoms. The van der Waals surface area contributed by atoms with Crippen molar-refractivity contribution in [2.45, 2.75) is 19.6 Å². The van der Waals surface area contributed by atoms with E-state index in [9.17, 15) is 4.79 Å². The first kappa shape index (κ1) is 12.3. The average Bonchev–Trinajstić information content (AvgIpc) is 2.85. The van der Waals surface area contributed by atoms with Gasteiger partial charge in [-0.3, -0.25) is 0 Å². The molecule has 0 saturated carbocycles. The zero-order valence-corrected chi connectivity index (χ0v) is 9.87. The van der Waals surface area contributed by atoms with E-state index >= 15 is 0 Å². The highest BCUT2D eigenvalue weighted by atomic mass is 16.5. The molecule has 2 rings (SSSR count). The molecule has 18 heavy (non-hydrogen) atoms. The van der Waals surface area contributed by atoms with Gasteiger partial charge in [0.05, 0.1) is 0 Å². The van der Waals surface area contributed by atoms with E-state index in [-0.39, 0.29) is 6.61 Å². The molecule has 1 aromatic heterocycles. The van der Waals surface area contributed by atoms with Crippen LogP contribution in [0.5, 0.6) is 0 Å². The third kappa shape index (κ3) is 2.95. The molecule has 0 saturated heterocycles. The molecule has 0 radical (unpaired) electrons. The van der Waals surface area contributed by atoms with Gasteiger partial charge in [-0.25, -0.2) is 4.79 Å². The number of carbonyl (C=O) groups is 1. The largest absolute Gasteiger partial charge is 0.479 e. The minimum Gasteiger partial charge on any atom is -0.479 e. The lowest BCUT2D eigenvalue weighted by atomic mass is 10.1. The van der Waals surface area contributed by atoms with Gasteiger partial charge in [0.1, 0.15) is 12.3 Å². The summed E-state index contributed by atoms with van der Waals surface area (Å²) in [4.78, 5) is 10.6. The van der Waals surface area contributed by atoms with Crippen molar-refractivity contribution >= 4 is 5.97 Å². The molecule has 0 amide bonds. The fourth-order valence-electron chi connectivity index (χ4n) is 1.40. The number of rotatable bonds is 5. The molecule has 94 valence electrons. The Morgan fingerprint density at radius 1 is 1.44 bits per heavy atom. The SMILES string of the molecule is C[C@@H](OCc1cc(-c2ccccc2)no1)C(=O)O. The van der Waals surface area contributed by atoms with Crippen molar-refractivity contribution in [2.75, 3.05) is 0 Å². The molecule has 0 aliphatic heterocycles. The third-order valence-electron chi connectivity index (χ3n) is 2.45. The van der Waals surface area contributed by atoms with Crippen LogP contribution in [0, 0.1) is 0 Å². The Labute approximate surface area is 104 Å². The van der Waals surface area contributed by atoms with Crippen LogP contribution in [0.15, 0.2) is 40.9 Å². The molecule has 1 N–H and O–H groups in total. The first-order chi connectivity index (χ1) is 8.66. The Kier molecular flexibility index (Phi) is 3.74. The van der Waals surface area contributed by atoms with Crippen LogP contribution in [0.4, 0.5) is 0 Å². The summed E-state index contributed by atoms with van der Waals surface area (Å²) in [6.07, 6.45) is -0.865. The molecule has 5 nitrogen and oxygen atoms in total. The molecule has 0 unspecified atom stereocenters. The van der Waals surface area contributed by atoms with Crippen molar-refractivity contribution in [2.24, 2.45) is 0 Å².